The molecule has 7 nitrogen and oxygen atoms in total. The largest absolute Gasteiger partial charge is 0.390 e. The Morgan fingerprint density at radius 2 is 1.86 bits per heavy atom. The fraction of sp³-hybridized carbons (Fsp3) is 0.500. The van der Waals surface area contributed by atoms with Gasteiger partial charge in [0.25, 0.3) is 0 Å². The zero-order valence-corrected chi connectivity index (χ0v) is 13.2. The van der Waals surface area contributed by atoms with Gasteiger partial charge in [0.1, 0.15) is 5.82 Å². The highest BCUT2D eigenvalue weighted by molar-refractivity contribution is 7.92. The Hall–Kier alpha value is -1.07. The zero-order valence-electron chi connectivity index (χ0n) is 11.6. The van der Waals surface area contributed by atoms with Crippen LogP contribution in [0.2, 0.25) is 0 Å². The first-order chi connectivity index (χ1) is 10.2. The molecule has 2 rings (SSSR count). The summed E-state index contributed by atoms with van der Waals surface area (Å²) >= 11 is 0. The van der Waals surface area contributed by atoms with Gasteiger partial charge >= 0.3 is 0 Å². The Kier molecular flexibility index (Phi) is 4.87. The van der Waals surface area contributed by atoms with Crippen molar-refractivity contribution in [1.82, 2.24) is 4.31 Å². The molecule has 3 N–H and O–H groups in total. The molecule has 22 heavy (non-hydrogen) atoms. The maximum absolute atomic E-state index is 12.9. The van der Waals surface area contributed by atoms with Crippen LogP contribution in [-0.2, 0) is 19.9 Å². The summed E-state index contributed by atoms with van der Waals surface area (Å²) in [6.45, 7) is -0.180. The van der Waals surface area contributed by atoms with E-state index >= 15 is 0 Å². The minimum absolute atomic E-state index is 0.0380. The summed E-state index contributed by atoms with van der Waals surface area (Å²) in [7, 11) is -7.60. The lowest BCUT2D eigenvalue weighted by molar-refractivity contribution is 0.129. The van der Waals surface area contributed by atoms with Crippen LogP contribution in [0.4, 0.5) is 4.39 Å². The lowest BCUT2D eigenvalue weighted by Gasteiger charge is -2.28. The fourth-order valence-corrected chi connectivity index (χ4v) is 5.98. The van der Waals surface area contributed by atoms with Crippen LogP contribution in [0.5, 0.6) is 0 Å². The predicted molar refractivity (Wildman–Crippen MR) is 77.8 cm³/mol. The standard InChI is InChI=1S/C12H17FN2O5S2/c13-9-1-3-10(4-2-9)22(19,20)15(6-5-14)11-7-21(17,18)8-12(11)16/h1-4,11-12,16H,5-8,14H2/t11-,12+/m1/s1. The Bertz CT molecular complexity index is 733. The van der Waals surface area contributed by atoms with Crippen LogP contribution >= 0.6 is 0 Å². The maximum atomic E-state index is 12.9. The van der Waals surface area contributed by atoms with Gasteiger partial charge in [-0.05, 0) is 24.3 Å². The molecule has 1 aliphatic heterocycles. The zero-order chi connectivity index (χ0) is 16.5. The van der Waals surface area contributed by atoms with Crippen molar-refractivity contribution in [3.8, 4) is 0 Å². The monoisotopic (exact) mass is 352 g/mol. The number of halogens is 1. The van der Waals surface area contributed by atoms with Crippen LogP contribution in [-0.4, -0.2) is 63.0 Å². The molecule has 124 valence electrons. The van der Waals surface area contributed by atoms with Crippen LogP contribution in [0.15, 0.2) is 29.2 Å². The molecule has 0 unspecified atom stereocenters. The summed E-state index contributed by atoms with van der Waals surface area (Å²) < 4.78 is 62.3. The summed E-state index contributed by atoms with van der Waals surface area (Å²) in [6.07, 6.45) is -1.31. The lowest BCUT2D eigenvalue weighted by atomic mass is 10.2. The van der Waals surface area contributed by atoms with Gasteiger partial charge in [0.15, 0.2) is 9.84 Å². The second-order valence-electron chi connectivity index (χ2n) is 5.07. The number of benzene rings is 1. The Balaban J connectivity index is 2.41. The number of aliphatic hydroxyl groups excluding tert-OH is 1. The highest BCUT2D eigenvalue weighted by atomic mass is 32.2. The van der Waals surface area contributed by atoms with Crippen LogP contribution in [0.25, 0.3) is 0 Å². The molecule has 0 aliphatic carbocycles. The topological polar surface area (TPSA) is 118 Å². The number of nitrogens with zero attached hydrogens (tertiary/aromatic N) is 1. The van der Waals surface area contributed by atoms with Gasteiger partial charge in [0, 0.05) is 13.1 Å². The summed E-state index contributed by atoms with van der Waals surface area (Å²) in [5.41, 5.74) is 5.41. The number of sulfonamides is 1. The van der Waals surface area contributed by atoms with Gasteiger partial charge in [-0.3, -0.25) is 0 Å². The molecule has 0 radical (unpaired) electrons. The van der Waals surface area contributed by atoms with Crippen molar-refractivity contribution in [2.75, 3.05) is 24.6 Å². The maximum Gasteiger partial charge on any atom is 0.243 e. The molecule has 1 aromatic rings. The summed E-state index contributed by atoms with van der Waals surface area (Å²) in [5.74, 6) is -1.54. The van der Waals surface area contributed by atoms with Crippen molar-refractivity contribution in [1.29, 1.82) is 0 Å². The molecular weight excluding hydrogens is 335 g/mol. The molecule has 0 amide bonds. The number of nitrogens with two attached hydrogens (primary N) is 1. The first-order valence-electron chi connectivity index (χ1n) is 6.53. The first-order valence-corrected chi connectivity index (χ1v) is 9.79. The minimum atomic E-state index is -4.08. The molecule has 1 aliphatic rings. The molecule has 10 heteroatoms. The molecular formula is C12H17FN2O5S2. The van der Waals surface area contributed by atoms with Crippen molar-refractivity contribution in [2.24, 2.45) is 5.73 Å². The Morgan fingerprint density at radius 3 is 2.32 bits per heavy atom. The van der Waals surface area contributed by atoms with Gasteiger partial charge in [0.2, 0.25) is 10.0 Å². The van der Waals surface area contributed by atoms with Gasteiger partial charge < -0.3 is 10.8 Å². The number of hydrogen-bond acceptors (Lipinski definition) is 6. The molecule has 0 spiro atoms. The van der Waals surface area contributed by atoms with Crippen molar-refractivity contribution in [3.63, 3.8) is 0 Å². The molecule has 0 aromatic heterocycles. The second kappa shape index (κ2) is 6.20. The van der Waals surface area contributed by atoms with Crippen molar-refractivity contribution in [2.45, 2.75) is 17.0 Å². The summed E-state index contributed by atoms with van der Waals surface area (Å²) in [4.78, 5) is -0.182. The smallest absolute Gasteiger partial charge is 0.243 e. The van der Waals surface area contributed by atoms with E-state index in [1.54, 1.807) is 0 Å². The van der Waals surface area contributed by atoms with E-state index in [-0.39, 0.29) is 18.0 Å². The van der Waals surface area contributed by atoms with E-state index in [2.05, 4.69) is 0 Å². The third-order valence-electron chi connectivity index (χ3n) is 3.43. The van der Waals surface area contributed by atoms with Crippen molar-refractivity contribution in [3.05, 3.63) is 30.1 Å². The van der Waals surface area contributed by atoms with E-state index in [1.165, 1.54) is 0 Å². The molecule has 1 heterocycles. The third-order valence-corrected chi connectivity index (χ3v) is 7.07. The Labute approximate surface area is 128 Å². The fourth-order valence-electron chi connectivity index (χ4n) is 2.42. The average Bonchev–Trinajstić information content (AvgIpc) is 2.69. The third kappa shape index (κ3) is 3.46. The van der Waals surface area contributed by atoms with Crippen LogP contribution in [0.3, 0.4) is 0 Å². The Morgan fingerprint density at radius 1 is 1.27 bits per heavy atom. The predicted octanol–water partition coefficient (Wildman–Crippen LogP) is -1.07. The molecule has 2 atom stereocenters. The average molecular weight is 352 g/mol. The van der Waals surface area contributed by atoms with Gasteiger partial charge in [-0.15, -0.1) is 0 Å². The van der Waals surface area contributed by atoms with E-state index in [4.69, 9.17) is 5.73 Å². The second-order valence-corrected chi connectivity index (χ2v) is 9.11. The first kappa shape index (κ1) is 17.3. The molecule has 0 bridgehead atoms. The molecule has 1 saturated heterocycles. The van der Waals surface area contributed by atoms with Crippen LogP contribution < -0.4 is 5.73 Å². The highest BCUT2D eigenvalue weighted by Crippen LogP contribution is 2.25. The number of rotatable bonds is 5. The minimum Gasteiger partial charge on any atom is -0.390 e. The lowest BCUT2D eigenvalue weighted by Crippen LogP contribution is -2.48. The molecule has 0 saturated carbocycles. The number of sulfone groups is 1. The van der Waals surface area contributed by atoms with Gasteiger partial charge in [-0.2, -0.15) is 4.31 Å². The normalized spacial score (nSPS) is 24.7. The van der Waals surface area contributed by atoms with E-state index in [9.17, 15) is 26.3 Å². The highest BCUT2D eigenvalue weighted by Gasteiger charge is 2.44. The quantitative estimate of drug-likeness (QED) is 0.697. The summed E-state index contributed by atoms with van der Waals surface area (Å²) in [6, 6.07) is 3.07. The van der Waals surface area contributed by atoms with Crippen molar-refractivity contribution < 1.29 is 26.3 Å². The number of aliphatic hydroxyl groups is 1. The van der Waals surface area contributed by atoms with Crippen LogP contribution in [0.1, 0.15) is 0 Å². The van der Waals surface area contributed by atoms with Gasteiger partial charge in [-0.1, -0.05) is 0 Å². The molecule has 1 aromatic carbocycles. The van der Waals surface area contributed by atoms with Gasteiger partial charge in [0.05, 0.1) is 28.5 Å². The van der Waals surface area contributed by atoms with E-state index in [0.29, 0.717) is 0 Å². The van der Waals surface area contributed by atoms with Crippen LogP contribution in [0, 0.1) is 5.82 Å². The van der Waals surface area contributed by atoms with E-state index < -0.39 is 49.3 Å². The number of hydrogen-bond donors (Lipinski definition) is 2. The van der Waals surface area contributed by atoms with Gasteiger partial charge in [-0.25, -0.2) is 21.2 Å². The van der Waals surface area contributed by atoms with Crippen molar-refractivity contribution >= 4 is 19.9 Å². The van der Waals surface area contributed by atoms with E-state index in [1.807, 2.05) is 0 Å². The summed E-state index contributed by atoms with van der Waals surface area (Å²) in [5, 5.41) is 9.89. The molecule has 1 fully saturated rings. The SMILES string of the molecule is NCCN([C@@H]1CS(=O)(=O)C[C@@H]1O)S(=O)(=O)c1ccc(F)cc1. The van der Waals surface area contributed by atoms with E-state index in [0.717, 1.165) is 28.6 Å².